The summed E-state index contributed by atoms with van der Waals surface area (Å²) in [4.78, 5) is 0. The van der Waals surface area contributed by atoms with Crippen molar-refractivity contribution in [1.82, 2.24) is 0 Å². The van der Waals surface area contributed by atoms with Gasteiger partial charge in [0.25, 0.3) is 0 Å². The minimum absolute atomic E-state index is 0.258. The molecule has 0 saturated heterocycles. The van der Waals surface area contributed by atoms with Crippen LogP contribution < -0.4 is 4.74 Å². The third-order valence-corrected chi connectivity index (χ3v) is 2.73. The molecule has 0 radical (unpaired) electrons. The third-order valence-electron chi connectivity index (χ3n) is 2.73. The van der Waals surface area contributed by atoms with Gasteiger partial charge in [-0.15, -0.1) is 0 Å². The molecular weight excluding hydrogens is 231 g/mol. The molecule has 0 spiro atoms. The number of hydrogen-bond donors (Lipinski definition) is 1. The van der Waals surface area contributed by atoms with E-state index in [1.54, 1.807) is 38.1 Å². The minimum atomic E-state index is -0.609. The Morgan fingerprint density at radius 1 is 1.17 bits per heavy atom. The fraction of sp³-hybridized carbons (Fsp3) is 0.200. The monoisotopic (exact) mass is 246 g/mol. The number of halogens is 1. The summed E-state index contributed by atoms with van der Waals surface area (Å²) in [5, 5.41) is 9.64. The van der Waals surface area contributed by atoms with Crippen LogP contribution in [-0.2, 0) is 0 Å². The van der Waals surface area contributed by atoms with E-state index >= 15 is 0 Å². The van der Waals surface area contributed by atoms with Gasteiger partial charge >= 0.3 is 0 Å². The molecule has 18 heavy (non-hydrogen) atoms. The van der Waals surface area contributed by atoms with Crippen LogP contribution in [-0.4, -0.2) is 5.11 Å². The molecule has 2 rings (SSSR count). The van der Waals surface area contributed by atoms with Crippen LogP contribution in [0.3, 0.4) is 0 Å². The summed E-state index contributed by atoms with van der Waals surface area (Å²) in [7, 11) is 0. The highest BCUT2D eigenvalue weighted by molar-refractivity contribution is 5.40. The molecule has 0 bridgehead atoms. The van der Waals surface area contributed by atoms with E-state index in [1.165, 1.54) is 6.07 Å². The average Bonchev–Trinajstić information content (AvgIpc) is 2.34. The van der Waals surface area contributed by atoms with Gasteiger partial charge in [0.15, 0.2) is 0 Å². The predicted octanol–water partition coefficient (Wildman–Crippen LogP) is 3.98. The molecule has 0 aliphatic rings. The van der Waals surface area contributed by atoms with Crippen LogP contribution in [0.2, 0.25) is 0 Å². The Hall–Kier alpha value is -1.87. The Labute approximate surface area is 106 Å². The van der Waals surface area contributed by atoms with E-state index in [9.17, 15) is 9.50 Å². The van der Waals surface area contributed by atoms with Crippen LogP contribution in [0, 0.1) is 12.7 Å². The summed E-state index contributed by atoms with van der Waals surface area (Å²) in [5.41, 5.74) is 1.24. The van der Waals surface area contributed by atoms with Gasteiger partial charge in [-0.2, -0.15) is 0 Å². The van der Waals surface area contributed by atoms with Crippen molar-refractivity contribution >= 4 is 0 Å². The molecule has 0 aliphatic carbocycles. The summed E-state index contributed by atoms with van der Waals surface area (Å²) in [6, 6.07) is 11.8. The van der Waals surface area contributed by atoms with Gasteiger partial charge in [0.2, 0.25) is 0 Å². The molecule has 2 nitrogen and oxygen atoms in total. The molecule has 2 aromatic carbocycles. The van der Waals surface area contributed by atoms with E-state index in [2.05, 4.69) is 0 Å². The SMILES string of the molecule is Cc1cc(Oc2ccccc2C(C)O)ccc1F. The summed E-state index contributed by atoms with van der Waals surface area (Å²) in [6.45, 7) is 3.36. The van der Waals surface area contributed by atoms with E-state index < -0.39 is 6.10 Å². The van der Waals surface area contributed by atoms with Crippen LogP contribution in [0.5, 0.6) is 11.5 Å². The second-order valence-corrected chi connectivity index (χ2v) is 4.23. The maximum absolute atomic E-state index is 13.1. The fourth-order valence-electron chi connectivity index (χ4n) is 1.73. The van der Waals surface area contributed by atoms with E-state index in [0.29, 0.717) is 22.6 Å². The Morgan fingerprint density at radius 2 is 1.89 bits per heavy atom. The summed E-state index contributed by atoms with van der Waals surface area (Å²) in [6.07, 6.45) is -0.609. The Balaban J connectivity index is 2.31. The van der Waals surface area contributed by atoms with Crippen LogP contribution in [0.15, 0.2) is 42.5 Å². The van der Waals surface area contributed by atoms with Crippen molar-refractivity contribution in [1.29, 1.82) is 0 Å². The maximum Gasteiger partial charge on any atom is 0.133 e. The van der Waals surface area contributed by atoms with Gasteiger partial charge in [0.05, 0.1) is 6.10 Å². The zero-order chi connectivity index (χ0) is 13.1. The summed E-state index contributed by atoms with van der Waals surface area (Å²) in [5.74, 6) is 0.881. The van der Waals surface area contributed by atoms with Gasteiger partial charge in [0.1, 0.15) is 17.3 Å². The Kier molecular flexibility index (Phi) is 3.63. The van der Waals surface area contributed by atoms with Crippen molar-refractivity contribution in [3.63, 3.8) is 0 Å². The van der Waals surface area contributed by atoms with Gasteiger partial charge in [-0.05, 0) is 43.7 Å². The Bertz CT molecular complexity index is 550. The molecule has 0 heterocycles. The first-order chi connectivity index (χ1) is 8.58. The molecule has 1 N–H and O–H groups in total. The number of benzene rings is 2. The number of aliphatic hydroxyl groups is 1. The number of aryl methyl sites for hydroxylation is 1. The van der Waals surface area contributed by atoms with E-state index in [-0.39, 0.29) is 5.82 Å². The molecule has 0 amide bonds. The average molecular weight is 246 g/mol. The smallest absolute Gasteiger partial charge is 0.133 e. The first-order valence-electron chi connectivity index (χ1n) is 5.79. The molecule has 94 valence electrons. The number of para-hydroxylation sites is 1. The highest BCUT2D eigenvalue weighted by Crippen LogP contribution is 2.30. The van der Waals surface area contributed by atoms with Crippen LogP contribution >= 0.6 is 0 Å². The number of hydrogen-bond acceptors (Lipinski definition) is 2. The van der Waals surface area contributed by atoms with E-state index in [0.717, 1.165) is 0 Å². The van der Waals surface area contributed by atoms with Crippen LogP contribution in [0.4, 0.5) is 4.39 Å². The lowest BCUT2D eigenvalue weighted by atomic mass is 10.1. The van der Waals surface area contributed by atoms with Gasteiger partial charge in [-0.25, -0.2) is 4.39 Å². The van der Waals surface area contributed by atoms with Crippen molar-refractivity contribution in [2.45, 2.75) is 20.0 Å². The fourth-order valence-corrected chi connectivity index (χ4v) is 1.73. The molecule has 0 aliphatic heterocycles. The van der Waals surface area contributed by atoms with E-state index in [1.807, 2.05) is 12.1 Å². The van der Waals surface area contributed by atoms with Crippen molar-refractivity contribution in [2.24, 2.45) is 0 Å². The molecule has 2 aromatic rings. The lowest BCUT2D eigenvalue weighted by Crippen LogP contribution is -1.96. The van der Waals surface area contributed by atoms with Crippen molar-refractivity contribution in [2.75, 3.05) is 0 Å². The number of aliphatic hydroxyl groups excluding tert-OH is 1. The summed E-state index contributed by atoms with van der Waals surface area (Å²) < 4.78 is 18.8. The van der Waals surface area contributed by atoms with Crippen LogP contribution in [0.25, 0.3) is 0 Å². The Morgan fingerprint density at radius 3 is 2.56 bits per heavy atom. The quantitative estimate of drug-likeness (QED) is 0.887. The first-order valence-corrected chi connectivity index (χ1v) is 5.79. The molecule has 0 saturated carbocycles. The van der Waals surface area contributed by atoms with Gasteiger partial charge in [0, 0.05) is 5.56 Å². The zero-order valence-corrected chi connectivity index (χ0v) is 10.4. The number of ether oxygens (including phenoxy) is 1. The molecule has 0 fully saturated rings. The summed E-state index contributed by atoms with van der Waals surface area (Å²) >= 11 is 0. The molecule has 3 heteroatoms. The second kappa shape index (κ2) is 5.19. The van der Waals surface area contributed by atoms with Crippen molar-refractivity contribution in [3.05, 3.63) is 59.4 Å². The molecule has 0 aromatic heterocycles. The normalized spacial score (nSPS) is 12.2. The zero-order valence-electron chi connectivity index (χ0n) is 10.4. The van der Waals surface area contributed by atoms with Crippen molar-refractivity contribution in [3.8, 4) is 11.5 Å². The van der Waals surface area contributed by atoms with Gasteiger partial charge in [-0.3, -0.25) is 0 Å². The topological polar surface area (TPSA) is 29.5 Å². The largest absolute Gasteiger partial charge is 0.457 e. The molecule has 1 unspecified atom stereocenters. The number of rotatable bonds is 3. The van der Waals surface area contributed by atoms with Crippen LogP contribution in [0.1, 0.15) is 24.2 Å². The first kappa shape index (κ1) is 12.6. The third kappa shape index (κ3) is 2.68. The standard InChI is InChI=1S/C15H15FO2/c1-10-9-12(7-8-14(10)16)18-15-6-4-3-5-13(15)11(2)17/h3-9,11,17H,1-2H3. The minimum Gasteiger partial charge on any atom is -0.457 e. The molecular formula is C15H15FO2. The lowest BCUT2D eigenvalue weighted by molar-refractivity contribution is 0.195. The second-order valence-electron chi connectivity index (χ2n) is 4.23. The molecule has 1 atom stereocenters. The van der Waals surface area contributed by atoms with Gasteiger partial charge < -0.3 is 9.84 Å². The van der Waals surface area contributed by atoms with E-state index in [4.69, 9.17) is 4.74 Å². The van der Waals surface area contributed by atoms with Crippen molar-refractivity contribution < 1.29 is 14.2 Å². The van der Waals surface area contributed by atoms with Gasteiger partial charge in [-0.1, -0.05) is 18.2 Å². The predicted molar refractivity (Wildman–Crippen MR) is 68.3 cm³/mol. The lowest BCUT2D eigenvalue weighted by Gasteiger charge is -2.13. The highest BCUT2D eigenvalue weighted by Gasteiger charge is 2.09. The maximum atomic E-state index is 13.1. The highest BCUT2D eigenvalue weighted by atomic mass is 19.1.